The van der Waals surface area contributed by atoms with E-state index in [0.29, 0.717) is 25.3 Å². The van der Waals surface area contributed by atoms with Crippen molar-refractivity contribution < 1.29 is 29.4 Å². The Hall–Kier alpha value is -1.76. The van der Waals surface area contributed by atoms with Gasteiger partial charge in [-0.05, 0) is 26.2 Å². The Kier molecular flexibility index (Phi) is 8.58. The molecule has 4 rings (SSSR count). The molecule has 5 N–H and O–H groups in total. The Morgan fingerprint density at radius 2 is 2.06 bits per heavy atom. The maximum absolute atomic E-state index is 12.5. The zero-order valence-electron chi connectivity index (χ0n) is 20.7. The number of carboxylic acid groups (broad SMARTS) is 1. The molecule has 36 heavy (non-hydrogen) atoms. The molecule has 2 unspecified atom stereocenters. The van der Waals surface area contributed by atoms with Crippen molar-refractivity contribution >= 4 is 47.2 Å². The van der Waals surface area contributed by atoms with Gasteiger partial charge in [0, 0.05) is 59.7 Å². The number of hydrogen-bond acceptors (Lipinski definition) is 8. The summed E-state index contributed by atoms with van der Waals surface area (Å²) >= 11 is 3.26. The minimum absolute atomic E-state index is 0.0688. The molecular formula is C24H36N4O6S2. The number of likely N-dealkylation sites (tertiary alicyclic amines) is 1. The summed E-state index contributed by atoms with van der Waals surface area (Å²) in [4.78, 5) is 52.3. The molecule has 0 bridgehead atoms. The summed E-state index contributed by atoms with van der Waals surface area (Å²) in [6.07, 6.45) is 2.06. The number of carbonyl (C=O) groups excluding carboxylic acids is 3. The number of carboxylic acids is 1. The maximum atomic E-state index is 12.5. The number of piperidine rings is 1. The maximum Gasteiger partial charge on any atom is 0.353 e. The number of aliphatic hydroxyl groups is 1. The molecule has 200 valence electrons. The second-order valence-corrected chi connectivity index (χ2v) is 12.8. The van der Waals surface area contributed by atoms with Crippen LogP contribution in [0.1, 0.15) is 39.5 Å². The van der Waals surface area contributed by atoms with Gasteiger partial charge in [-0.15, -0.1) is 11.8 Å². The number of primary amides is 1. The normalized spacial score (nSPS) is 32.9. The number of rotatable bonds is 10. The van der Waals surface area contributed by atoms with Gasteiger partial charge in [0.25, 0.3) is 0 Å². The fraction of sp³-hybridized carbons (Fsp3) is 0.750. The van der Waals surface area contributed by atoms with Gasteiger partial charge in [0.15, 0.2) is 0 Å². The highest BCUT2D eigenvalue weighted by Gasteiger charge is 2.60. The molecule has 4 aliphatic rings. The fourth-order valence-corrected chi connectivity index (χ4v) is 8.38. The summed E-state index contributed by atoms with van der Waals surface area (Å²) in [5, 5.41) is 23.5. The van der Waals surface area contributed by atoms with Gasteiger partial charge in [0.2, 0.25) is 17.7 Å². The van der Waals surface area contributed by atoms with E-state index < -0.39 is 18.0 Å². The number of nitrogens with one attached hydrogen (secondary N) is 1. The third-order valence-corrected chi connectivity index (χ3v) is 10.4. The van der Waals surface area contributed by atoms with Crippen molar-refractivity contribution in [2.45, 2.75) is 63.0 Å². The number of fused-ring (bicyclic) bond motifs is 1. The van der Waals surface area contributed by atoms with Gasteiger partial charge >= 0.3 is 5.97 Å². The van der Waals surface area contributed by atoms with Crippen LogP contribution in [0.15, 0.2) is 10.6 Å². The molecule has 7 atom stereocenters. The van der Waals surface area contributed by atoms with Crippen LogP contribution in [0.4, 0.5) is 0 Å². The van der Waals surface area contributed by atoms with E-state index in [2.05, 4.69) is 5.32 Å². The number of aliphatic carboxylic acids is 1. The summed E-state index contributed by atoms with van der Waals surface area (Å²) in [6.45, 7) is 5.39. The molecule has 10 nitrogen and oxygen atoms in total. The van der Waals surface area contributed by atoms with Crippen LogP contribution in [0.3, 0.4) is 0 Å². The number of β-lactam (4-membered cyclic amide) rings is 1. The molecule has 0 aromatic rings. The van der Waals surface area contributed by atoms with Crippen molar-refractivity contribution in [3.8, 4) is 0 Å². The smallest absolute Gasteiger partial charge is 0.353 e. The minimum atomic E-state index is -1.09. The van der Waals surface area contributed by atoms with Crippen molar-refractivity contribution in [2.24, 2.45) is 23.5 Å². The molecule has 3 amide bonds. The number of amides is 3. The quantitative estimate of drug-likeness (QED) is 0.228. The van der Waals surface area contributed by atoms with Crippen molar-refractivity contribution in [1.82, 2.24) is 15.1 Å². The van der Waals surface area contributed by atoms with Crippen LogP contribution in [-0.2, 0) is 19.2 Å². The average Bonchev–Trinajstić information content (AvgIpc) is 3.37. The van der Waals surface area contributed by atoms with Crippen LogP contribution in [0.5, 0.6) is 0 Å². The minimum Gasteiger partial charge on any atom is -0.477 e. The molecule has 0 radical (unpaired) electrons. The molecule has 0 spiro atoms. The molecular weight excluding hydrogens is 504 g/mol. The van der Waals surface area contributed by atoms with E-state index in [4.69, 9.17) is 5.73 Å². The van der Waals surface area contributed by atoms with Gasteiger partial charge in [0.05, 0.1) is 24.0 Å². The summed E-state index contributed by atoms with van der Waals surface area (Å²) < 4.78 is 0. The first-order chi connectivity index (χ1) is 17.1. The van der Waals surface area contributed by atoms with Crippen molar-refractivity contribution in [3.63, 3.8) is 0 Å². The lowest BCUT2D eigenvalue weighted by Gasteiger charge is -2.46. The van der Waals surface area contributed by atoms with E-state index in [-0.39, 0.29) is 52.6 Å². The first kappa shape index (κ1) is 27.3. The zero-order chi connectivity index (χ0) is 26.1. The highest BCUT2D eigenvalue weighted by Crippen LogP contribution is 2.51. The number of hydrogen-bond donors (Lipinski definition) is 4. The van der Waals surface area contributed by atoms with Gasteiger partial charge in [-0.25, -0.2) is 4.79 Å². The molecule has 0 aliphatic carbocycles. The predicted octanol–water partition coefficient (Wildman–Crippen LogP) is 0.451. The third kappa shape index (κ3) is 5.41. The van der Waals surface area contributed by atoms with E-state index in [9.17, 15) is 29.4 Å². The van der Waals surface area contributed by atoms with Crippen molar-refractivity contribution in [2.75, 3.05) is 31.1 Å². The largest absolute Gasteiger partial charge is 0.477 e. The van der Waals surface area contributed by atoms with E-state index in [1.807, 2.05) is 6.92 Å². The molecule has 4 heterocycles. The zero-order valence-corrected chi connectivity index (χ0v) is 22.4. The Morgan fingerprint density at radius 3 is 2.72 bits per heavy atom. The summed E-state index contributed by atoms with van der Waals surface area (Å²) in [5.74, 6) is -1.02. The number of nitrogens with zero attached hydrogens (tertiary/aromatic N) is 2. The lowest BCUT2D eigenvalue weighted by Crippen LogP contribution is -2.63. The van der Waals surface area contributed by atoms with Gasteiger partial charge in [-0.2, -0.15) is 11.8 Å². The van der Waals surface area contributed by atoms with Gasteiger partial charge < -0.3 is 31.1 Å². The van der Waals surface area contributed by atoms with E-state index >= 15 is 0 Å². The lowest BCUT2D eigenvalue weighted by atomic mass is 9.79. The van der Waals surface area contributed by atoms with Gasteiger partial charge in [-0.1, -0.05) is 6.92 Å². The molecule has 0 saturated carbocycles. The number of carbonyl (C=O) groups is 4. The Labute approximate surface area is 219 Å². The summed E-state index contributed by atoms with van der Waals surface area (Å²) in [6, 6.07) is -0.0196. The van der Waals surface area contributed by atoms with E-state index in [0.717, 1.165) is 36.5 Å². The van der Waals surface area contributed by atoms with Crippen LogP contribution in [0, 0.1) is 17.8 Å². The van der Waals surface area contributed by atoms with E-state index in [1.54, 1.807) is 35.3 Å². The number of thioether (sulfide) groups is 2. The van der Waals surface area contributed by atoms with Crippen LogP contribution < -0.4 is 11.1 Å². The van der Waals surface area contributed by atoms with Crippen LogP contribution >= 0.6 is 23.5 Å². The fourth-order valence-electron chi connectivity index (χ4n) is 5.84. The number of aliphatic hydroxyl groups excluding tert-OH is 1. The highest BCUT2D eigenvalue weighted by molar-refractivity contribution is 8.03. The topological polar surface area (TPSA) is 153 Å². The Bertz CT molecular complexity index is 944. The second-order valence-electron chi connectivity index (χ2n) is 10.3. The highest BCUT2D eigenvalue weighted by atomic mass is 32.2. The third-order valence-electron chi connectivity index (χ3n) is 7.74. The predicted molar refractivity (Wildman–Crippen MR) is 138 cm³/mol. The molecule has 0 aromatic carbocycles. The second kappa shape index (κ2) is 11.3. The molecule has 3 fully saturated rings. The van der Waals surface area contributed by atoms with Crippen LogP contribution in [0.2, 0.25) is 0 Å². The summed E-state index contributed by atoms with van der Waals surface area (Å²) in [5.41, 5.74) is 5.48. The van der Waals surface area contributed by atoms with Crippen molar-refractivity contribution in [3.05, 3.63) is 10.6 Å². The molecule has 4 aliphatic heterocycles. The average molecular weight is 541 g/mol. The first-order valence-electron chi connectivity index (χ1n) is 12.6. The molecule has 0 aromatic heterocycles. The SMILES string of the molecule is C[C@H]1C(S[C@@H]2CN[C@H](CSCCC(=O)N3CCCC(C(N)=O)C3)C2)=C(C(=O)O)N2C(=O)[C@H]([C@@H](C)O)C12. The lowest BCUT2D eigenvalue weighted by molar-refractivity contribution is -0.163. The summed E-state index contributed by atoms with van der Waals surface area (Å²) in [7, 11) is 0. The standard InChI is InChI=1S/C24H36N4O6S2/c1-12-19-18(13(2)29)23(32)28(19)20(24(33)34)21(12)36-16-8-15(26-9-16)11-35-7-5-17(30)27-6-3-4-14(10-27)22(25)31/h12-16,18-19,26,29H,3-11H2,1-2H3,(H2,25,31)(H,33,34)/t12-,13-,14?,15+,16+,18-,19?/m1/s1. The first-order valence-corrected chi connectivity index (χ1v) is 14.7. The Balaban J connectivity index is 1.23. The van der Waals surface area contributed by atoms with Crippen molar-refractivity contribution in [1.29, 1.82) is 0 Å². The van der Waals surface area contributed by atoms with Crippen LogP contribution in [-0.4, -0.2) is 98.3 Å². The van der Waals surface area contributed by atoms with Crippen LogP contribution in [0.25, 0.3) is 0 Å². The number of nitrogens with two attached hydrogens (primary N) is 1. The Morgan fingerprint density at radius 1 is 1.31 bits per heavy atom. The molecule has 12 heteroatoms. The monoisotopic (exact) mass is 540 g/mol. The van der Waals surface area contributed by atoms with Gasteiger partial charge in [0.1, 0.15) is 5.70 Å². The van der Waals surface area contributed by atoms with E-state index in [1.165, 1.54) is 4.90 Å². The molecule has 3 saturated heterocycles. The van der Waals surface area contributed by atoms with Gasteiger partial charge in [-0.3, -0.25) is 14.4 Å².